The summed E-state index contributed by atoms with van der Waals surface area (Å²) in [7, 11) is 0. The Morgan fingerprint density at radius 3 is 2.70 bits per heavy atom. The van der Waals surface area contributed by atoms with E-state index in [0.29, 0.717) is 24.2 Å². The van der Waals surface area contributed by atoms with Crippen LogP contribution >= 0.6 is 0 Å². The second kappa shape index (κ2) is 5.76. The van der Waals surface area contributed by atoms with Crippen molar-refractivity contribution in [2.45, 2.75) is 64.3 Å². The Balaban J connectivity index is 1.56. The molecule has 3 N–H and O–H groups in total. The third-order valence-electron chi connectivity index (χ3n) is 9.23. The first-order chi connectivity index (χ1) is 12.8. The minimum absolute atomic E-state index is 0.0576. The fourth-order valence-electron chi connectivity index (χ4n) is 8.21. The molecule has 1 spiro atoms. The van der Waals surface area contributed by atoms with Crippen molar-refractivity contribution >= 4 is 5.78 Å². The van der Waals surface area contributed by atoms with Crippen molar-refractivity contribution in [2.24, 2.45) is 34.5 Å². The summed E-state index contributed by atoms with van der Waals surface area (Å²) in [6, 6.07) is 0.139. The molecule has 4 aliphatic carbocycles. The highest BCUT2D eigenvalue weighted by molar-refractivity contribution is 6.01. The van der Waals surface area contributed by atoms with Gasteiger partial charge in [-0.3, -0.25) is 9.69 Å². The lowest BCUT2D eigenvalue weighted by atomic mass is 9.46. The molecule has 0 radical (unpaired) electrons. The van der Waals surface area contributed by atoms with Crippen LogP contribution < -0.4 is 0 Å². The Bertz CT molecular complexity index is 732. The maximum absolute atomic E-state index is 11.9. The molecule has 0 unspecified atom stereocenters. The van der Waals surface area contributed by atoms with Crippen LogP contribution in [-0.2, 0) is 4.79 Å². The molecule has 1 aliphatic heterocycles. The van der Waals surface area contributed by atoms with Gasteiger partial charge in [0.2, 0.25) is 0 Å². The summed E-state index contributed by atoms with van der Waals surface area (Å²) in [5.74, 6) is 1.20. The van der Waals surface area contributed by atoms with E-state index >= 15 is 0 Å². The number of carbonyl (C=O) groups excluding carboxylic acids is 1. The summed E-state index contributed by atoms with van der Waals surface area (Å²) >= 11 is 0. The van der Waals surface area contributed by atoms with Gasteiger partial charge in [0.05, 0.1) is 12.8 Å². The molecule has 3 saturated carbocycles. The smallest absolute Gasteiger partial charge is 0.178 e. The first-order valence-corrected chi connectivity index (χ1v) is 10.5. The maximum atomic E-state index is 11.9. The van der Waals surface area contributed by atoms with Gasteiger partial charge in [-0.1, -0.05) is 18.6 Å². The fourth-order valence-corrected chi connectivity index (χ4v) is 8.21. The highest BCUT2D eigenvalue weighted by Gasteiger charge is 2.70. The van der Waals surface area contributed by atoms with E-state index < -0.39 is 12.3 Å². The number of allylic oxidation sites excluding steroid dienone is 4. The number of likely N-dealkylation sites (tertiary alicyclic amines) is 1. The zero-order chi connectivity index (χ0) is 19.1. The number of hydrogen-bond acceptors (Lipinski definition) is 5. The minimum atomic E-state index is -0.682. The van der Waals surface area contributed by atoms with Crippen molar-refractivity contribution in [1.29, 1.82) is 0 Å². The average molecular weight is 373 g/mol. The molecule has 1 saturated heterocycles. The quantitative estimate of drug-likeness (QED) is 0.653. The van der Waals surface area contributed by atoms with Gasteiger partial charge in [0, 0.05) is 22.8 Å². The predicted molar refractivity (Wildman–Crippen MR) is 100 cm³/mol. The van der Waals surface area contributed by atoms with Gasteiger partial charge in [-0.2, -0.15) is 0 Å². The Kier molecular flexibility index (Phi) is 3.85. The third kappa shape index (κ3) is 2.06. The minimum Gasteiger partial charge on any atom is -0.393 e. The second-order valence-electron chi connectivity index (χ2n) is 9.86. The molecule has 5 heteroatoms. The van der Waals surface area contributed by atoms with E-state index in [-0.39, 0.29) is 35.3 Å². The number of nitrogens with zero attached hydrogens (tertiary/aromatic N) is 1. The van der Waals surface area contributed by atoms with Crippen molar-refractivity contribution in [3.05, 3.63) is 23.8 Å². The zero-order valence-electron chi connectivity index (χ0n) is 16.2. The molecule has 9 atom stereocenters. The standard InChI is InChI=1S/C22H31NO4/c1-12-16-5-6-17-15-4-3-13-9-14(25)7-8-21(13,2)19(15)18(26)10-22(16,17)20(27)23(12)11-24/h7-9,12,15-20,24,26-27H,3-6,10-11H2,1-2H3/t12-,15-,16+,17-,18+,19+,20-,21-,22-/m0/s1. The van der Waals surface area contributed by atoms with Crippen molar-refractivity contribution in [3.8, 4) is 0 Å². The first kappa shape index (κ1) is 18.0. The summed E-state index contributed by atoms with van der Waals surface area (Å²) in [5, 5.41) is 32.5. The summed E-state index contributed by atoms with van der Waals surface area (Å²) in [4.78, 5) is 13.7. The molecule has 148 valence electrons. The van der Waals surface area contributed by atoms with E-state index in [1.807, 2.05) is 11.0 Å². The number of rotatable bonds is 1. The van der Waals surface area contributed by atoms with Crippen molar-refractivity contribution < 1.29 is 20.1 Å². The van der Waals surface area contributed by atoms with Gasteiger partial charge < -0.3 is 15.3 Å². The number of hydrogen-bond donors (Lipinski definition) is 3. The number of fused-ring (bicyclic) bond motifs is 4. The number of aliphatic hydroxyl groups is 3. The van der Waals surface area contributed by atoms with Crippen molar-refractivity contribution in [2.75, 3.05) is 6.73 Å². The van der Waals surface area contributed by atoms with Gasteiger partial charge in [0.1, 0.15) is 6.23 Å². The fraction of sp³-hybridized carbons (Fsp3) is 0.773. The monoisotopic (exact) mass is 373 g/mol. The van der Waals surface area contributed by atoms with Gasteiger partial charge in [-0.15, -0.1) is 0 Å². The molecule has 5 nitrogen and oxygen atoms in total. The molecule has 0 aromatic heterocycles. The van der Waals surface area contributed by atoms with Crippen LogP contribution in [-0.4, -0.2) is 51.1 Å². The molecule has 1 heterocycles. The summed E-state index contributed by atoms with van der Waals surface area (Å²) in [6.07, 6.45) is 8.92. The number of aliphatic hydroxyl groups excluding tert-OH is 3. The molecule has 5 aliphatic rings. The lowest BCUT2D eigenvalue weighted by Gasteiger charge is -2.59. The van der Waals surface area contributed by atoms with E-state index in [1.54, 1.807) is 12.2 Å². The summed E-state index contributed by atoms with van der Waals surface area (Å²) in [5.41, 5.74) is 0.592. The van der Waals surface area contributed by atoms with Crippen molar-refractivity contribution in [3.63, 3.8) is 0 Å². The Morgan fingerprint density at radius 2 is 1.96 bits per heavy atom. The van der Waals surface area contributed by atoms with Crippen molar-refractivity contribution in [1.82, 2.24) is 4.90 Å². The Hall–Kier alpha value is -1.01. The van der Waals surface area contributed by atoms with Crippen LogP contribution in [0.25, 0.3) is 0 Å². The van der Waals surface area contributed by atoms with E-state index in [9.17, 15) is 20.1 Å². The largest absolute Gasteiger partial charge is 0.393 e. The first-order valence-electron chi connectivity index (χ1n) is 10.5. The van der Waals surface area contributed by atoms with Gasteiger partial charge in [-0.05, 0) is 68.9 Å². The van der Waals surface area contributed by atoms with Gasteiger partial charge >= 0.3 is 0 Å². The van der Waals surface area contributed by atoms with Crippen LogP contribution in [0.1, 0.15) is 46.0 Å². The molecular weight excluding hydrogens is 342 g/mol. The van der Waals surface area contributed by atoms with Crippen LogP contribution in [0.2, 0.25) is 0 Å². The summed E-state index contributed by atoms with van der Waals surface area (Å²) in [6.45, 7) is 4.16. The summed E-state index contributed by atoms with van der Waals surface area (Å²) < 4.78 is 0. The normalized spacial score (nSPS) is 54.2. The van der Waals surface area contributed by atoms with Crippen LogP contribution in [0.5, 0.6) is 0 Å². The number of carbonyl (C=O) groups is 1. The van der Waals surface area contributed by atoms with E-state index in [0.717, 1.165) is 31.3 Å². The third-order valence-corrected chi connectivity index (χ3v) is 9.23. The van der Waals surface area contributed by atoms with Gasteiger partial charge in [-0.25, -0.2) is 0 Å². The molecule has 0 bridgehead atoms. The molecule has 5 rings (SSSR count). The van der Waals surface area contributed by atoms with Crippen LogP contribution in [0, 0.1) is 34.5 Å². The van der Waals surface area contributed by atoms with E-state index in [1.165, 1.54) is 0 Å². The van der Waals surface area contributed by atoms with Gasteiger partial charge in [0.15, 0.2) is 5.78 Å². The maximum Gasteiger partial charge on any atom is 0.178 e. The second-order valence-corrected chi connectivity index (χ2v) is 9.86. The Labute approximate surface area is 160 Å². The molecule has 27 heavy (non-hydrogen) atoms. The molecule has 4 fully saturated rings. The van der Waals surface area contributed by atoms with Crippen LogP contribution in [0.4, 0.5) is 0 Å². The Morgan fingerprint density at radius 1 is 1.22 bits per heavy atom. The zero-order valence-corrected chi connectivity index (χ0v) is 16.2. The highest BCUT2D eigenvalue weighted by atomic mass is 16.3. The van der Waals surface area contributed by atoms with E-state index in [2.05, 4.69) is 13.8 Å². The molecule has 0 aromatic carbocycles. The molecular formula is C22H31NO4. The van der Waals surface area contributed by atoms with E-state index in [4.69, 9.17) is 0 Å². The number of ketones is 1. The lowest BCUT2D eigenvalue weighted by molar-refractivity contribution is -0.174. The SMILES string of the molecule is C[C@H]1[C@H]2CC[C@H]3[C@@H]4CCC5=CC(=O)C=C[C@]5(C)[C@H]4[C@H](O)C[C@]23[C@H](O)N1CO. The van der Waals surface area contributed by atoms with Gasteiger partial charge in [0.25, 0.3) is 0 Å². The predicted octanol–water partition coefficient (Wildman–Crippen LogP) is 1.83. The lowest BCUT2D eigenvalue weighted by Crippen LogP contribution is -2.59. The molecule has 0 amide bonds. The van der Waals surface area contributed by atoms with Crippen LogP contribution in [0.3, 0.4) is 0 Å². The topological polar surface area (TPSA) is 81.0 Å². The average Bonchev–Trinajstić information content (AvgIpc) is 3.10. The highest BCUT2D eigenvalue weighted by Crippen LogP contribution is 2.70. The molecule has 0 aromatic rings. The van der Waals surface area contributed by atoms with Crippen LogP contribution in [0.15, 0.2) is 23.8 Å².